The molecule has 1 amide bonds. The number of amides is 1. The van der Waals surface area contributed by atoms with Crippen LogP contribution in [0.2, 0.25) is 0 Å². The fourth-order valence-corrected chi connectivity index (χ4v) is 2.52. The summed E-state index contributed by atoms with van der Waals surface area (Å²) < 4.78 is 27.4. The van der Waals surface area contributed by atoms with Gasteiger partial charge in [-0.1, -0.05) is 6.07 Å². The zero-order valence-electron chi connectivity index (χ0n) is 11.6. The molecule has 0 radical (unpaired) electrons. The van der Waals surface area contributed by atoms with Crippen LogP contribution in [0.3, 0.4) is 0 Å². The average Bonchev–Trinajstić information content (AvgIpc) is 2.44. The summed E-state index contributed by atoms with van der Waals surface area (Å²) in [4.78, 5) is 14.5. The van der Waals surface area contributed by atoms with E-state index in [1.54, 1.807) is 6.20 Å². The molecule has 0 aromatic carbocycles. The van der Waals surface area contributed by atoms with Crippen LogP contribution in [0.15, 0.2) is 18.3 Å². The topological polar surface area (TPSA) is 74.2 Å². The highest BCUT2D eigenvalue weighted by atomic mass is 19.3. The summed E-state index contributed by atoms with van der Waals surface area (Å²) in [5.74, 6) is -2.95. The summed E-state index contributed by atoms with van der Waals surface area (Å²) in [6.07, 6.45) is 2.53. The second kappa shape index (κ2) is 6.80. The van der Waals surface area contributed by atoms with Gasteiger partial charge in [0.15, 0.2) is 0 Å². The summed E-state index contributed by atoms with van der Waals surface area (Å²) in [6, 6.07) is 3.67. The minimum atomic E-state index is -2.95. The third-order valence-electron chi connectivity index (χ3n) is 3.57. The van der Waals surface area contributed by atoms with Crippen molar-refractivity contribution in [3.8, 4) is 0 Å². The van der Waals surface area contributed by atoms with Crippen LogP contribution in [0.5, 0.6) is 0 Å². The number of fused-ring (bicyclic) bond motifs is 1. The van der Waals surface area contributed by atoms with Crippen molar-refractivity contribution in [1.82, 2.24) is 15.6 Å². The van der Waals surface area contributed by atoms with Crippen molar-refractivity contribution in [2.75, 3.05) is 13.1 Å². The SMILES string of the molecule is O=C(O)NCCC(F)(F)CNC1CCCc2cccnc21. The van der Waals surface area contributed by atoms with Crippen LogP contribution in [0.25, 0.3) is 0 Å². The van der Waals surface area contributed by atoms with Crippen LogP contribution < -0.4 is 10.6 Å². The van der Waals surface area contributed by atoms with E-state index < -0.39 is 25.0 Å². The number of hydrogen-bond acceptors (Lipinski definition) is 3. The summed E-state index contributed by atoms with van der Waals surface area (Å²) >= 11 is 0. The van der Waals surface area contributed by atoms with Crippen LogP contribution in [-0.4, -0.2) is 35.2 Å². The molecule has 21 heavy (non-hydrogen) atoms. The second-order valence-corrected chi connectivity index (χ2v) is 5.21. The number of nitrogens with zero attached hydrogens (tertiary/aromatic N) is 1. The van der Waals surface area contributed by atoms with Gasteiger partial charge in [-0.25, -0.2) is 13.6 Å². The standard InChI is InChI=1S/C14H19F2N3O2/c15-14(16,6-8-18-13(20)21)9-19-11-5-1-3-10-4-2-7-17-12(10)11/h2,4,7,11,18-19H,1,3,5-6,8-9H2,(H,20,21). The molecule has 1 heterocycles. The molecule has 0 fully saturated rings. The molecule has 0 saturated heterocycles. The Kier molecular flexibility index (Phi) is 5.06. The molecule has 1 atom stereocenters. The number of hydrogen-bond donors (Lipinski definition) is 3. The molecule has 5 nitrogen and oxygen atoms in total. The van der Waals surface area contributed by atoms with Gasteiger partial charge >= 0.3 is 6.09 Å². The maximum atomic E-state index is 13.7. The van der Waals surface area contributed by atoms with E-state index in [2.05, 4.69) is 10.3 Å². The van der Waals surface area contributed by atoms with E-state index in [0.717, 1.165) is 30.5 Å². The lowest BCUT2D eigenvalue weighted by Gasteiger charge is -2.27. The molecule has 1 aliphatic carbocycles. The average molecular weight is 299 g/mol. The van der Waals surface area contributed by atoms with E-state index in [0.29, 0.717) is 0 Å². The summed E-state index contributed by atoms with van der Waals surface area (Å²) in [5, 5.41) is 13.2. The predicted molar refractivity (Wildman–Crippen MR) is 73.5 cm³/mol. The van der Waals surface area contributed by atoms with Gasteiger partial charge < -0.3 is 15.7 Å². The Bertz CT molecular complexity index is 497. The van der Waals surface area contributed by atoms with Crippen molar-refractivity contribution in [2.24, 2.45) is 0 Å². The van der Waals surface area contributed by atoms with Crippen molar-refractivity contribution in [3.63, 3.8) is 0 Å². The van der Waals surface area contributed by atoms with Gasteiger partial charge in [-0.15, -0.1) is 0 Å². The predicted octanol–water partition coefficient (Wildman–Crippen LogP) is 2.34. The van der Waals surface area contributed by atoms with Crippen molar-refractivity contribution >= 4 is 6.09 Å². The number of rotatable bonds is 6. The first-order valence-corrected chi connectivity index (χ1v) is 7.00. The van der Waals surface area contributed by atoms with Crippen LogP contribution in [0, 0.1) is 0 Å². The van der Waals surface area contributed by atoms with E-state index in [1.807, 2.05) is 17.4 Å². The summed E-state index contributed by atoms with van der Waals surface area (Å²) in [5.41, 5.74) is 1.96. The first-order chi connectivity index (χ1) is 9.98. The first-order valence-electron chi connectivity index (χ1n) is 7.00. The summed E-state index contributed by atoms with van der Waals surface area (Å²) in [7, 11) is 0. The molecular formula is C14H19F2N3O2. The highest BCUT2D eigenvalue weighted by Gasteiger charge is 2.31. The Morgan fingerprint density at radius 2 is 2.33 bits per heavy atom. The van der Waals surface area contributed by atoms with Crippen molar-refractivity contribution < 1.29 is 18.7 Å². The fraction of sp³-hybridized carbons (Fsp3) is 0.571. The van der Waals surface area contributed by atoms with Gasteiger partial charge in [-0.05, 0) is 30.9 Å². The van der Waals surface area contributed by atoms with Crippen LogP contribution in [-0.2, 0) is 6.42 Å². The van der Waals surface area contributed by atoms with Gasteiger partial charge in [0.2, 0.25) is 0 Å². The van der Waals surface area contributed by atoms with Crippen LogP contribution >= 0.6 is 0 Å². The fourth-order valence-electron chi connectivity index (χ4n) is 2.52. The monoisotopic (exact) mass is 299 g/mol. The Balaban J connectivity index is 1.87. The van der Waals surface area contributed by atoms with Gasteiger partial charge in [0.05, 0.1) is 12.2 Å². The molecule has 1 aromatic heterocycles. The molecule has 0 saturated carbocycles. The molecular weight excluding hydrogens is 280 g/mol. The molecule has 2 rings (SSSR count). The normalized spacial score (nSPS) is 18.1. The van der Waals surface area contributed by atoms with Gasteiger partial charge in [-0.2, -0.15) is 0 Å². The Morgan fingerprint density at radius 3 is 3.10 bits per heavy atom. The second-order valence-electron chi connectivity index (χ2n) is 5.21. The lowest BCUT2D eigenvalue weighted by Crippen LogP contribution is -2.39. The Morgan fingerprint density at radius 1 is 1.52 bits per heavy atom. The zero-order valence-corrected chi connectivity index (χ0v) is 11.6. The van der Waals surface area contributed by atoms with Gasteiger partial charge in [0.1, 0.15) is 0 Å². The Labute approximate surface area is 121 Å². The molecule has 0 spiro atoms. The van der Waals surface area contributed by atoms with Gasteiger partial charge in [0.25, 0.3) is 5.92 Å². The molecule has 3 N–H and O–H groups in total. The molecule has 7 heteroatoms. The number of halogens is 2. The van der Waals surface area contributed by atoms with E-state index in [1.165, 1.54) is 0 Å². The minimum Gasteiger partial charge on any atom is -0.465 e. The molecule has 1 aromatic rings. The number of carboxylic acid groups (broad SMARTS) is 1. The number of nitrogens with one attached hydrogen (secondary N) is 2. The number of alkyl halides is 2. The van der Waals surface area contributed by atoms with E-state index in [9.17, 15) is 13.6 Å². The smallest absolute Gasteiger partial charge is 0.404 e. The number of pyridine rings is 1. The van der Waals surface area contributed by atoms with E-state index >= 15 is 0 Å². The quantitative estimate of drug-likeness (QED) is 0.754. The van der Waals surface area contributed by atoms with Gasteiger partial charge in [-0.3, -0.25) is 4.98 Å². The first kappa shape index (κ1) is 15.6. The summed E-state index contributed by atoms with van der Waals surface area (Å²) in [6.45, 7) is -0.738. The minimum absolute atomic E-state index is 0.159. The van der Waals surface area contributed by atoms with E-state index in [-0.39, 0.29) is 12.6 Å². The zero-order chi connectivity index (χ0) is 15.3. The third kappa shape index (κ3) is 4.63. The van der Waals surface area contributed by atoms with Crippen molar-refractivity contribution in [3.05, 3.63) is 29.6 Å². The van der Waals surface area contributed by atoms with Crippen molar-refractivity contribution in [2.45, 2.75) is 37.6 Å². The number of carbonyl (C=O) groups is 1. The molecule has 0 bridgehead atoms. The van der Waals surface area contributed by atoms with Crippen LogP contribution in [0.4, 0.5) is 13.6 Å². The lowest BCUT2D eigenvalue weighted by molar-refractivity contribution is -0.00853. The third-order valence-corrected chi connectivity index (χ3v) is 3.57. The molecule has 0 aliphatic heterocycles. The van der Waals surface area contributed by atoms with Crippen molar-refractivity contribution in [1.29, 1.82) is 0 Å². The van der Waals surface area contributed by atoms with Gasteiger partial charge in [0, 0.05) is 25.2 Å². The number of aryl methyl sites for hydroxylation is 1. The Hall–Kier alpha value is -1.76. The lowest BCUT2D eigenvalue weighted by atomic mass is 9.92. The molecule has 1 aliphatic rings. The highest BCUT2D eigenvalue weighted by molar-refractivity contribution is 5.64. The van der Waals surface area contributed by atoms with Crippen LogP contribution in [0.1, 0.15) is 36.6 Å². The maximum absolute atomic E-state index is 13.7. The molecule has 116 valence electrons. The number of aromatic nitrogens is 1. The largest absolute Gasteiger partial charge is 0.465 e. The maximum Gasteiger partial charge on any atom is 0.404 e. The van der Waals surface area contributed by atoms with E-state index in [4.69, 9.17) is 5.11 Å². The molecule has 1 unspecified atom stereocenters. The highest BCUT2D eigenvalue weighted by Crippen LogP contribution is 2.28.